The highest BCUT2D eigenvalue weighted by molar-refractivity contribution is 7.88. The molecule has 1 heterocycles. The third-order valence-corrected chi connectivity index (χ3v) is 5.70. The molecule has 138 valence electrons. The van der Waals surface area contributed by atoms with Gasteiger partial charge in [-0.15, -0.1) is 0 Å². The monoisotopic (exact) mass is 382 g/mol. The van der Waals surface area contributed by atoms with Crippen LogP contribution in [0.1, 0.15) is 5.56 Å². The summed E-state index contributed by atoms with van der Waals surface area (Å²) < 4.78 is 63.9. The van der Waals surface area contributed by atoms with Crippen LogP contribution in [0.25, 0.3) is 0 Å². The number of hydrogen-bond donors (Lipinski definition) is 1. The van der Waals surface area contributed by atoms with Gasteiger partial charge in [-0.1, -0.05) is 12.1 Å². The molecule has 12 heteroatoms. The van der Waals surface area contributed by atoms with E-state index in [0.717, 1.165) is 12.1 Å². The van der Waals surface area contributed by atoms with E-state index in [1.54, 1.807) is 0 Å². The first kappa shape index (κ1) is 19.1. The first-order valence-electron chi connectivity index (χ1n) is 6.92. The Kier molecular flexibility index (Phi) is 5.04. The Morgan fingerprint density at radius 2 is 1.84 bits per heavy atom. The first-order chi connectivity index (χ1) is 11.4. The number of carboxylic acid groups (broad SMARTS) is 1. The number of sulfonamides is 1. The SMILES string of the molecule is O=C(O)[C@@H]1CN(S(=O)(=O)Cc2ccc([N+](=O)[O-])cc2)C[C@H]1C(F)(F)F. The smallest absolute Gasteiger partial charge is 0.393 e. The fourth-order valence-corrected chi connectivity index (χ4v) is 4.16. The van der Waals surface area contributed by atoms with E-state index in [-0.39, 0.29) is 11.3 Å². The van der Waals surface area contributed by atoms with E-state index in [1.807, 2.05) is 0 Å². The average molecular weight is 382 g/mol. The molecular formula is C13H13F3N2O6S. The number of nitrogens with zero attached hydrogens (tertiary/aromatic N) is 2. The zero-order valence-corrected chi connectivity index (χ0v) is 13.3. The highest BCUT2D eigenvalue weighted by Crippen LogP contribution is 2.39. The fourth-order valence-electron chi connectivity index (χ4n) is 2.59. The number of alkyl halides is 3. The summed E-state index contributed by atoms with van der Waals surface area (Å²) in [5.41, 5.74) is -0.113. The average Bonchev–Trinajstić information content (AvgIpc) is 2.93. The maximum absolute atomic E-state index is 12.9. The molecule has 0 spiro atoms. The lowest BCUT2D eigenvalue weighted by atomic mass is 9.96. The Morgan fingerprint density at radius 3 is 2.24 bits per heavy atom. The molecule has 1 fully saturated rings. The molecule has 1 saturated heterocycles. The van der Waals surface area contributed by atoms with Crippen molar-refractivity contribution < 1.29 is 36.4 Å². The largest absolute Gasteiger partial charge is 0.481 e. The zero-order valence-electron chi connectivity index (χ0n) is 12.5. The molecule has 0 saturated carbocycles. The molecule has 0 unspecified atom stereocenters. The molecule has 25 heavy (non-hydrogen) atoms. The number of nitro benzene ring substituents is 1. The van der Waals surface area contributed by atoms with Gasteiger partial charge in [0.2, 0.25) is 10.0 Å². The minimum Gasteiger partial charge on any atom is -0.481 e. The number of nitro groups is 1. The standard InChI is InChI=1S/C13H13F3N2O6S/c14-13(15,16)11-6-17(5-10(11)12(19)20)25(23,24)7-8-1-3-9(4-2-8)18(21)22/h1-4,10-11H,5-7H2,(H,19,20)/t10-,11-/m1/s1. The molecule has 0 radical (unpaired) electrons. The van der Waals surface area contributed by atoms with Crippen LogP contribution in [0.15, 0.2) is 24.3 Å². The number of aliphatic carboxylic acids is 1. The summed E-state index contributed by atoms with van der Waals surface area (Å²) >= 11 is 0. The fraction of sp³-hybridized carbons (Fsp3) is 0.462. The van der Waals surface area contributed by atoms with Crippen LogP contribution in [0.3, 0.4) is 0 Å². The van der Waals surface area contributed by atoms with Gasteiger partial charge >= 0.3 is 12.1 Å². The van der Waals surface area contributed by atoms with Crippen molar-refractivity contribution in [2.45, 2.75) is 11.9 Å². The molecule has 2 atom stereocenters. The number of carboxylic acids is 1. The highest BCUT2D eigenvalue weighted by atomic mass is 32.2. The number of halogens is 3. The summed E-state index contributed by atoms with van der Waals surface area (Å²) in [5, 5.41) is 19.5. The van der Waals surface area contributed by atoms with Gasteiger partial charge in [-0.25, -0.2) is 12.7 Å². The van der Waals surface area contributed by atoms with E-state index < -0.39 is 57.8 Å². The maximum atomic E-state index is 12.9. The van der Waals surface area contributed by atoms with Crippen LogP contribution < -0.4 is 0 Å². The summed E-state index contributed by atoms with van der Waals surface area (Å²) in [6.45, 7) is -1.73. The van der Waals surface area contributed by atoms with E-state index in [4.69, 9.17) is 5.11 Å². The van der Waals surface area contributed by atoms with Gasteiger partial charge in [-0.2, -0.15) is 13.2 Å². The van der Waals surface area contributed by atoms with Crippen LogP contribution in [-0.2, 0) is 20.6 Å². The Morgan fingerprint density at radius 1 is 1.28 bits per heavy atom. The molecule has 1 N–H and O–H groups in total. The van der Waals surface area contributed by atoms with E-state index >= 15 is 0 Å². The van der Waals surface area contributed by atoms with Crippen molar-refractivity contribution in [1.29, 1.82) is 0 Å². The minimum atomic E-state index is -4.83. The second kappa shape index (κ2) is 6.59. The van der Waals surface area contributed by atoms with Crippen molar-refractivity contribution in [3.05, 3.63) is 39.9 Å². The molecule has 0 aliphatic carbocycles. The van der Waals surface area contributed by atoms with Gasteiger partial charge in [0.15, 0.2) is 0 Å². The Balaban J connectivity index is 2.19. The third kappa shape index (κ3) is 4.25. The molecule has 1 aliphatic rings. The summed E-state index contributed by atoms with van der Waals surface area (Å²) in [4.78, 5) is 20.9. The van der Waals surface area contributed by atoms with Crippen LogP contribution >= 0.6 is 0 Å². The second-order valence-corrected chi connectivity index (χ2v) is 7.56. The molecular weight excluding hydrogens is 369 g/mol. The maximum Gasteiger partial charge on any atom is 0.393 e. The molecule has 1 aromatic rings. The van der Waals surface area contributed by atoms with Crippen LogP contribution in [-0.4, -0.2) is 48.0 Å². The summed E-state index contributed by atoms with van der Waals surface area (Å²) in [6.07, 6.45) is -4.83. The quantitative estimate of drug-likeness (QED) is 0.611. The van der Waals surface area contributed by atoms with E-state index in [2.05, 4.69) is 0 Å². The van der Waals surface area contributed by atoms with Gasteiger partial charge in [0.05, 0.1) is 22.5 Å². The molecule has 1 aromatic carbocycles. The van der Waals surface area contributed by atoms with Gasteiger partial charge in [0.25, 0.3) is 5.69 Å². The van der Waals surface area contributed by atoms with Crippen molar-refractivity contribution in [2.24, 2.45) is 11.8 Å². The van der Waals surface area contributed by atoms with Gasteiger partial charge in [-0.05, 0) is 5.56 Å². The summed E-state index contributed by atoms with van der Waals surface area (Å²) in [7, 11) is -4.21. The summed E-state index contributed by atoms with van der Waals surface area (Å²) in [5.74, 6) is -6.54. The van der Waals surface area contributed by atoms with Gasteiger partial charge < -0.3 is 5.11 Å². The lowest BCUT2D eigenvalue weighted by Gasteiger charge is -2.18. The number of rotatable bonds is 5. The predicted octanol–water partition coefficient (Wildman–Crippen LogP) is 1.62. The van der Waals surface area contributed by atoms with Gasteiger partial charge in [0, 0.05) is 25.2 Å². The van der Waals surface area contributed by atoms with Crippen molar-refractivity contribution >= 4 is 21.7 Å². The summed E-state index contributed by atoms with van der Waals surface area (Å²) in [6, 6.07) is 4.52. The zero-order chi connectivity index (χ0) is 19.0. The first-order valence-corrected chi connectivity index (χ1v) is 8.53. The van der Waals surface area contributed by atoms with E-state index in [1.165, 1.54) is 12.1 Å². The third-order valence-electron chi connectivity index (χ3n) is 3.91. The molecule has 0 aromatic heterocycles. The van der Waals surface area contributed by atoms with Crippen LogP contribution in [0.5, 0.6) is 0 Å². The predicted molar refractivity (Wildman–Crippen MR) is 78.0 cm³/mol. The van der Waals surface area contributed by atoms with Crippen molar-refractivity contribution in [2.75, 3.05) is 13.1 Å². The Labute approximate surface area is 140 Å². The minimum absolute atomic E-state index is 0.146. The van der Waals surface area contributed by atoms with E-state index in [9.17, 15) is 36.5 Å². The van der Waals surface area contributed by atoms with Crippen molar-refractivity contribution in [3.8, 4) is 0 Å². The number of carbonyl (C=O) groups is 1. The molecule has 0 bridgehead atoms. The molecule has 2 rings (SSSR count). The normalized spacial score (nSPS) is 22.0. The van der Waals surface area contributed by atoms with Crippen LogP contribution in [0.2, 0.25) is 0 Å². The van der Waals surface area contributed by atoms with Crippen LogP contribution in [0, 0.1) is 22.0 Å². The van der Waals surface area contributed by atoms with Gasteiger partial charge in [-0.3, -0.25) is 14.9 Å². The molecule has 0 amide bonds. The Hall–Kier alpha value is -2.21. The molecule has 8 nitrogen and oxygen atoms in total. The van der Waals surface area contributed by atoms with Crippen molar-refractivity contribution in [3.63, 3.8) is 0 Å². The van der Waals surface area contributed by atoms with Gasteiger partial charge in [0.1, 0.15) is 0 Å². The molecule has 1 aliphatic heterocycles. The number of non-ortho nitro benzene ring substituents is 1. The lowest BCUT2D eigenvalue weighted by molar-refractivity contribution is -0.384. The number of benzene rings is 1. The second-order valence-electron chi connectivity index (χ2n) is 5.59. The highest BCUT2D eigenvalue weighted by Gasteiger charge is 2.54. The topological polar surface area (TPSA) is 118 Å². The number of hydrogen-bond acceptors (Lipinski definition) is 5. The van der Waals surface area contributed by atoms with E-state index in [0.29, 0.717) is 4.31 Å². The Bertz CT molecular complexity index is 778. The lowest BCUT2D eigenvalue weighted by Crippen LogP contribution is -2.34. The van der Waals surface area contributed by atoms with Crippen LogP contribution in [0.4, 0.5) is 18.9 Å². The van der Waals surface area contributed by atoms with Crippen molar-refractivity contribution in [1.82, 2.24) is 4.31 Å².